The second-order valence-corrected chi connectivity index (χ2v) is 4.83. The van der Waals surface area contributed by atoms with E-state index >= 15 is 0 Å². The van der Waals surface area contributed by atoms with Crippen molar-refractivity contribution in [2.24, 2.45) is 5.92 Å². The summed E-state index contributed by atoms with van der Waals surface area (Å²) in [6.07, 6.45) is 0.618. The maximum absolute atomic E-state index is 11.6. The van der Waals surface area contributed by atoms with Gasteiger partial charge in [0.05, 0.1) is 12.1 Å². The van der Waals surface area contributed by atoms with Crippen LogP contribution < -0.4 is 4.74 Å². The third-order valence-corrected chi connectivity index (χ3v) is 3.14. The number of rotatable bonds is 5. The van der Waals surface area contributed by atoms with Gasteiger partial charge in [0, 0.05) is 13.0 Å². The summed E-state index contributed by atoms with van der Waals surface area (Å²) < 4.78 is 5.50. The van der Waals surface area contributed by atoms with E-state index in [4.69, 9.17) is 9.84 Å². The van der Waals surface area contributed by atoms with Crippen LogP contribution in [0.5, 0.6) is 5.75 Å². The van der Waals surface area contributed by atoms with Crippen molar-refractivity contribution in [1.29, 1.82) is 0 Å². The maximum atomic E-state index is 11.6. The third kappa shape index (κ3) is 3.47. The van der Waals surface area contributed by atoms with E-state index < -0.39 is 5.97 Å². The highest BCUT2D eigenvalue weighted by Gasteiger charge is 2.25. The molecule has 1 atom stereocenters. The number of ether oxygens (including phenoxy) is 1. The van der Waals surface area contributed by atoms with Crippen molar-refractivity contribution in [3.63, 3.8) is 0 Å². The number of carbonyl (C=O) groups is 2. The number of nitrogens with zero attached hydrogens (tertiary/aromatic N) is 1. The number of benzene rings is 1. The molecule has 1 saturated heterocycles. The van der Waals surface area contributed by atoms with Crippen LogP contribution >= 0.6 is 0 Å². The molecule has 1 fully saturated rings. The minimum atomic E-state index is -0.955. The van der Waals surface area contributed by atoms with Crippen molar-refractivity contribution in [3.05, 3.63) is 29.8 Å². The predicted molar refractivity (Wildman–Crippen MR) is 69.3 cm³/mol. The average Bonchev–Trinajstić information content (AvgIpc) is 2.68. The quantitative estimate of drug-likeness (QED) is 0.876. The smallest absolute Gasteiger partial charge is 0.335 e. The minimum Gasteiger partial charge on any atom is -0.492 e. The number of likely N-dealkylation sites (tertiary alicyclic amines) is 1. The summed E-state index contributed by atoms with van der Waals surface area (Å²) in [6.45, 7) is 3.85. The SMILES string of the molecule is CC1CC(=O)N(CCOc2ccc(C(=O)O)cc2)C1. The Balaban J connectivity index is 1.79. The van der Waals surface area contributed by atoms with Crippen molar-refractivity contribution in [1.82, 2.24) is 4.90 Å². The number of hydrogen-bond donors (Lipinski definition) is 1. The van der Waals surface area contributed by atoms with E-state index in [1.54, 1.807) is 17.0 Å². The van der Waals surface area contributed by atoms with Gasteiger partial charge in [-0.25, -0.2) is 4.79 Å². The molecule has 1 aromatic rings. The van der Waals surface area contributed by atoms with Crippen LogP contribution in [0.3, 0.4) is 0 Å². The molecule has 2 rings (SSSR count). The zero-order chi connectivity index (χ0) is 13.8. The Morgan fingerprint density at radius 3 is 2.63 bits per heavy atom. The van der Waals surface area contributed by atoms with Crippen LogP contribution in [0.1, 0.15) is 23.7 Å². The van der Waals surface area contributed by atoms with Crippen molar-refractivity contribution in [3.8, 4) is 5.75 Å². The summed E-state index contributed by atoms with van der Waals surface area (Å²) in [5.74, 6) is 0.257. The molecule has 5 heteroatoms. The molecule has 0 radical (unpaired) electrons. The first kappa shape index (κ1) is 13.4. The van der Waals surface area contributed by atoms with Crippen molar-refractivity contribution >= 4 is 11.9 Å². The summed E-state index contributed by atoms with van der Waals surface area (Å²) in [5, 5.41) is 8.76. The Morgan fingerprint density at radius 2 is 2.11 bits per heavy atom. The zero-order valence-electron chi connectivity index (χ0n) is 10.8. The van der Waals surface area contributed by atoms with Crippen LogP contribution in [-0.4, -0.2) is 41.6 Å². The van der Waals surface area contributed by atoms with Gasteiger partial charge in [-0.15, -0.1) is 0 Å². The van der Waals surface area contributed by atoms with Crippen molar-refractivity contribution in [2.75, 3.05) is 19.7 Å². The molecule has 1 aliphatic heterocycles. The van der Waals surface area contributed by atoms with Crippen LogP contribution in [0.15, 0.2) is 24.3 Å². The molecule has 0 aliphatic carbocycles. The molecule has 19 heavy (non-hydrogen) atoms. The Kier molecular flexibility index (Phi) is 4.04. The van der Waals surface area contributed by atoms with Crippen molar-refractivity contribution < 1.29 is 19.4 Å². The van der Waals surface area contributed by atoms with Gasteiger partial charge in [-0.1, -0.05) is 6.92 Å². The highest BCUT2D eigenvalue weighted by Crippen LogP contribution is 2.17. The van der Waals surface area contributed by atoms with E-state index in [9.17, 15) is 9.59 Å². The van der Waals surface area contributed by atoms with Crippen LogP contribution in [0.2, 0.25) is 0 Å². The van der Waals surface area contributed by atoms with Gasteiger partial charge in [0.2, 0.25) is 5.91 Å². The van der Waals surface area contributed by atoms with Crippen LogP contribution in [-0.2, 0) is 4.79 Å². The lowest BCUT2D eigenvalue weighted by Crippen LogP contribution is -2.29. The fourth-order valence-corrected chi connectivity index (χ4v) is 2.15. The fourth-order valence-electron chi connectivity index (χ4n) is 2.15. The maximum Gasteiger partial charge on any atom is 0.335 e. The van der Waals surface area contributed by atoms with E-state index in [0.717, 1.165) is 6.54 Å². The number of amides is 1. The van der Waals surface area contributed by atoms with E-state index in [-0.39, 0.29) is 11.5 Å². The third-order valence-electron chi connectivity index (χ3n) is 3.14. The average molecular weight is 263 g/mol. The molecule has 5 nitrogen and oxygen atoms in total. The molecule has 1 unspecified atom stereocenters. The van der Waals surface area contributed by atoms with E-state index in [2.05, 4.69) is 6.92 Å². The summed E-state index contributed by atoms with van der Waals surface area (Å²) in [5.41, 5.74) is 0.232. The molecule has 1 heterocycles. The summed E-state index contributed by atoms with van der Waals surface area (Å²) in [7, 11) is 0. The number of aromatic carboxylic acids is 1. The highest BCUT2D eigenvalue weighted by atomic mass is 16.5. The first-order valence-corrected chi connectivity index (χ1v) is 6.30. The molecule has 0 aromatic heterocycles. The standard InChI is InChI=1S/C14H17NO4/c1-10-8-13(16)15(9-10)6-7-19-12-4-2-11(3-5-12)14(17)18/h2-5,10H,6-9H2,1H3,(H,17,18). The zero-order valence-corrected chi connectivity index (χ0v) is 10.8. The van der Waals surface area contributed by atoms with Gasteiger partial charge < -0.3 is 14.7 Å². The van der Waals surface area contributed by atoms with E-state index in [1.165, 1.54) is 12.1 Å². The number of carbonyl (C=O) groups excluding carboxylic acids is 1. The van der Waals surface area contributed by atoms with Gasteiger partial charge in [-0.05, 0) is 30.2 Å². The predicted octanol–water partition coefficient (Wildman–Crippen LogP) is 1.63. The van der Waals surface area contributed by atoms with E-state index in [1.807, 2.05) is 0 Å². The van der Waals surface area contributed by atoms with Crippen molar-refractivity contribution in [2.45, 2.75) is 13.3 Å². The monoisotopic (exact) mass is 263 g/mol. The van der Waals surface area contributed by atoms with Crippen LogP contribution in [0.25, 0.3) is 0 Å². The fraction of sp³-hybridized carbons (Fsp3) is 0.429. The molecule has 1 aliphatic rings. The van der Waals surface area contributed by atoms with Crippen LogP contribution in [0.4, 0.5) is 0 Å². The van der Waals surface area contributed by atoms with Gasteiger partial charge in [0.1, 0.15) is 12.4 Å². The lowest BCUT2D eigenvalue weighted by atomic mass is 10.2. The second-order valence-electron chi connectivity index (χ2n) is 4.83. The summed E-state index contributed by atoms with van der Waals surface area (Å²) >= 11 is 0. The Morgan fingerprint density at radius 1 is 1.42 bits per heavy atom. The molecular formula is C14H17NO4. The van der Waals surface area contributed by atoms with Gasteiger partial charge in [0.25, 0.3) is 0 Å². The molecule has 1 N–H and O–H groups in total. The van der Waals surface area contributed by atoms with Gasteiger partial charge in [-0.2, -0.15) is 0 Å². The molecule has 102 valence electrons. The Hall–Kier alpha value is -2.04. The van der Waals surface area contributed by atoms with Gasteiger partial charge >= 0.3 is 5.97 Å². The molecular weight excluding hydrogens is 246 g/mol. The topological polar surface area (TPSA) is 66.8 Å². The van der Waals surface area contributed by atoms with Gasteiger partial charge in [-0.3, -0.25) is 4.79 Å². The highest BCUT2D eigenvalue weighted by molar-refractivity contribution is 5.87. The minimum absolute atomic E-state index is 0.178. The molecule has 1 amide bonds. The largest absolute Gasteiger partial charge is 0.492 e. The summed E-state index contributed by atoms with van der Waals surface area (Å²) in [6, 6.07) is 6.25. The lowest BCUT2D eigenvalue weighted by molar-refractivity contribution is -0.128. The van der Waals surface area contributed by atoms with Gasteiger partial charge in [0.15, 0.2) is 0 Å². The first-order valence-electron chi connectivity index (χ1n) is 6.30. The molecule has 0 spiro atoms. The molecule has 1 aromatic carbocycles. The number of hydrogen-bond acceptors (Lipinski definition) is 3. The normalized spacial score (nSPS) is 18.7. The van der Waals surface area contributed by atoms with Crippen LogP contribution in [0, 0.1) is 5.92 Å². The first-order chi connectivity index (χ1) is 9.06. The lowest BCUT2D eigenvalue weighted by Gasteiger charge is -2.16. The Bertz CT molecular complexity index is 469. The second kappa shape index (κ2) is 5.73. The summed E-state index contributed by atoms with van der Waals surface area (Å²) in [4.78, 5) is 24.0. The number of carboxylic acid groups (broad SMARTS) is 1. The Labute approximate surface area is 111 Å². The molecule has 0 saturated carbocycles. The van der Waals surface area contributed by atoms with E-state index in [0.29, 0.717) is 31.2 Å². The number of carboxylic acids is 1. The molecule has 0 bridgehead atoms.